The van der Waals surface area contributed by atoms with Gasteiger partial charge in [0.05, 0.1) is 5.69 Å². The molecule has 1 amide bonds. The van der Waals surface area contributed by atoms with E-state index in [-0.39, 0.29) is 17.3 Å². The SMILES string of the molecule is CC(=O)Nc1ccc(N=Nc2ccc(N(C)C)cc2)c(S(=O)(=O)O)c1. The number of nitrogens with one attached hydrogen (secondary N) is 1. The molecule has 0 fully saturated rings. The summed E-state index contributed by atoms with van der Waals surface area (Å²) in [4.78, 5) is 12.6. The summed E-state index contributed by atoms with van der Waals surface area (Å²) in [7, 11) is -0.709. The Labute approximate surface area is 145 Å². The van der Waals surface area contributed by atoms with Crippen molar-refractivity contribution in [2.24, 2.45) is 10.2 Å². The van der Waals surface area contributed by atoms with E-state index in [0.717, 1.165) is 11.8 Å². The van der Waals surface area contributed by atoms with Gasteiger partial charge in [-0.3, -0.25) is 9.35 Å². The fourth-order valence-corrected chi connectivity index (χ4v) is 2.66. The van der Waals surface area contributed by atoms with E-state index in [1.165, 1.54) is 19.1 Å². The van der Waals surface area contributed by atoms with Gasteiger partial charge in [-0.25, -0.2) is 0 Å². The maximum atomic E-state index is 11.6. The zero-order chi connectivity index (χ0) is 18.6. The Morgan fingerprint density at radius 3 is 2.24 bits per heavy atom. The standard InChI is InChI=1S/C16H18N4O4S/c1-11(21)17-13-6-9-15(16(10-13)25(22,23)24)19-18-12-4-7-14(8-5-12)20(2)3/h4-10H,1-3H3,(H,17,21)(H,22,23,24). The number of carbonyl (C=O) groups excluding carboxylic acids is 1. The number of hydrogen-bond acceptors (Lipinski definition) is 6. The van der Waals surface area contributed by atoms with Crippen LogP contribution in [-0.2, 0) is 14.9 Å². The summed E-state index contributed by atoms with van der Waals surface area (Å²) in [5, 5.41) is 10.3. The van der Waals surface area contributed by atoms with Gasteiger partial charge in [-0.1, -0.05) is 0 Å². The van der Waals surface area contributed by atoms with E-state index >= 15 is 0 Å². The Bertz CT molecular complexity index is 906. The Balaban J connectivity index is 2.36. The van der Waals surface area contributed by atoms with E-state index in [1.807, 2.05) is 31.1 Å². The first-order valence-electron chi connectivity index (χ1n) is 7.25. The molecule has 8 nitrogen and oxygen atoms in total. The molecule has 0 aromatic heterocycles. The first-order valence-corrected chi connectivity index (χ1v) is 8.69. The maximum Gasteiger partial charge on any atom is 0.296 e. The summed E-state index contributed by atoms with van der Waals surface area (Å²) in [6.45, 7) is 1.29. The summed E-state index contributed by atoms with van der Waals surface area (Å²) in [6.07, 6.45) is 0. The fraction of sp³-hybridized carbons (Fsp3) is 0.188. The molecular formula is C16H18N4O4S. The molecule has 0 bridgehead atoms. The highest BCUT2D eigenvalue weighted by Gasteiger charge is 2.17. The van der Waals surface area contributed by atoms with Gasteiger partial charge in [0, 0.05) is 32.4 Å². The third-order valence-electron chi connectivity index (χ3n) is 3.20. The van der Waals surface area contributed by atoms with Crippen LogP contribution in [0.4, 0.5) is 22.7 Å². The molecule has 2 aromatic carbocycles. The molecule has 2 N–H and O–H groups in total. The van der Waals surface area contributed by atoms with Crippen LogP contribution in [0.25, 0.3) is 0 Å². The quantitative estimate of drug-likeness (QED) is 0.625. The molecule has 0 atom stereocenters. The number of carbonyl (C=O) groups is 1. The molecule has 25 heavy (non-hydrogen) atoms. The molecule has 0 heterocycles. The monoisotopic (exact) mass is 362 g/mol. The molecule has 0 spiro atoms. The predicted molar refractivity (Wildman–Crippen MR) is 95.5 cm³/mol. The van der Waals surface area contributed by atoms with Crippen LogP contribution in [0.3, 0.4) is 0 Å². The second-order valence-corrected chi connectivity index (χ2v) is 6.84. The van der Waals surface area contributed by atoms with Crippen LogP contribution in [0.2, 0.25) is 0 Å². The van der Waals surface area contributed by atoms with Gasteiger partial charge in [-0.2, -0.15) is 13.5 Å². The lowest BCUT2D eigenvalue weighted by molar-refractivity contribution is -0.114. The molecule has 2 aromatic rings. The van der Waals surface area contributed by atoms with Crippen molar-refractivity contribution in [2.45, 2.75) is 11.8 Å². The first-order chi connectivity index (χ1) is 11.7. The van der Waals surface area contributed by atoms with Gasteiger partial charge in [0.25, 0.3) is 10.1 Å². The zero-order valence-corrected chi connectivity index (χ0v) is 14.8. The van der Waals surface area contributed by atoms with Gasteiger partial charge in [-0.15, -0.1) is 5.11 Å². The summed E-state index contributed by atoms with van der Waals surface area (Å²) in [6, 6.07) is 11.1. The second-order valence-electron chi connectivity index (χ2n) is 5.45. The number of rotatable bonds is 5. The van der Waals surface area contributed by atoms with Crippen molar-refractivity contribution in [3.63, 3.8) is 0 Å². The Hall–Kier alpha value is -2.78. The lowest BCUT2D eigenvalue weighted by Crippen LogP contribution is -2.07. The molecule has 0 saturated heterocycles. The smallest absolute Gasteiger partial charge is 0.296 e. The van der Waals surface area contributed by atoms with Gasteiger partial charge in [-0.05, 0) is 42.5 Å². The Morgan fingerprint density at radius 2 is 1.72 bits per heavy atom. The number of hydrogen-bond donors (Lipinski definition) is 2. The summed E-state index contributed by atoms with van der Waals surface area (Å²) in [5.41, 5.74) is 1.71. The molecular weight excluding hydrogens is 344 g/mol. The molecule has 0 aliphatic carbocycles. The van der Waals surface area contributed by atoms with E-state index < -0.39 is 15.0 Å². The molecule has 0 radical (unpaired) electrons. The second kappa shape index (κ2) is 7.41. The number of azo groups is 1. The molecule has 0 aliphatic rings. The first kappa shape index (κ1) is 18.6. The van der Waals surface area contributed by atoms with Crippen LogP contribution in [0, 0.1) is 0 Å². The van der Waals surface area contributed by atoms with Crippen molar-refractivity contribution in [2.75, 3.05) is 24.3 Å². The van der Waals surface area contributed by atoms with Crippen LogP contribution in [0.5, 0.6) is 0 Å². The van der Waals surface area contributed by atoms with Crippen LogP contribution in [-0.4, -0.2) is 33.0 Å². The highest BCUT2D eigenvalue weighted by Crippen LogP contribution is 2.29. The molecule has 0 aliphatic heterocycles. The van der Waals surface area contributed by atoms with Gasteiger partial charge in [0.2, 0.25) is 5.91 Å². The zero-order valence-electron chi connectivity index (χ0n) is 14.0. The van der Waals surface area contributed by atoms with Gasteiger partial charge >= 0.3 is 0 Å². The topological polar surface area (TPSA) is 111 Å². The van der Waals surface area contributed by atoms with Crippen LogP contribution in [0.1, 0.15) is 6.92 Å². The van der Waals surface area contributed by atoms with Crippen molar-refractivity contribution in [1.82, 2.24) is 0 Å². The minimum absolute atomic E-state index is 0.0340. The number of amides is 1. The van der Waals surface area contributed by atoms with E-state index in [0.29, 0.717) is 5.69 Å². The number of nitrogens with zero attached hydrogens (tertiary/aromatic N) is 3. The highest BCUT2D eigenvalue weighted by atomic mass is 32.2. The third-order valence-corrected chi connectivity index (χ3v) is 4.08. The summed E-state index contributed by atoms with van der Waals surface area (Å²) >= 11 is 0. The highest BCUT2D eigenvalue weighted by molar-refractivity contribution is 7.86. The van der Waals surface area contributed by atoms with Gasteiger partial charge < -0.3 is 10.2 Å². The Kier molecular flexibility index (Phi) is 5.50. The molecule has 2 rings (SSSR count). The minimum atomic E-state index is -4.53. The Morgan fingerprint density at radius 1 is 1.08 bits per heavy atom. The fourth-order valence-electron chi connectivity index (χ4n) is 2.01. The van der Waals surface area contributed by atoms with Crippen molar-refractivity contribution in [3.05, 3.63) is 42.5 Å². The third kappa shape index (κ3) is 5.10. The van der Waals surface area contributed by atoms with Crippen molar-refractivity contribution >= 4 is 38.8 Å². The number of benzene rings is 2. The summed E-state index contributed by atoms with van der Waals surface area (Å²) < 4.78 is 32.5. The van der Waals surface area contributed by atoms with Crippen LogP contribution < -0.4 is 10.2 Å². The maximum absolute atomic E-state index is 11.6. The predicted octanol–water partition coefficient (Wildman–Crippen LogP) is 3.37. The molecule has 0 saturated carbocycles. The molecule has 132 valence electrons. The molecule has 9 heteroatoms. The lowest BCUT2D eigenvalue weighted by atomic mass is 10.2. The molecule has 0 unspecified atom stereocenters. The van der Waals surface area contributed by atoms with E-state index in [1.54, 1.807) is 12.1 Å². The summed E-state index contributed by atoms with van der Waals surface area (Å²) in [5.74, 6) is -0.364. The normalized spacial score (nSPS) is 11.5. The van der Waals surface area contributed by atoms with Gasteiger partial charge in [0.15, 0.2) is 0 Å². The van der Waals surface area contributed by atoms with Crippen molar-refractivity contribution in [1.29, 1.82) is 0 Å². The van der Waals surface area contributed by atoms with Gasteiger partial charge in [0.1, 0.15) is 10.6 Å². The minimum Gasteiger partial charge on any atom is -0.378 e. The van der Waals surface area contributed by atoms with E-state index in [9.17, 15) is 17.8 Å². The lowest BCUT2D eigenvalue weighted by Gasteiger charge is -2.11. The average Bonchev–Trinajstić information content (AvgIpc) is 2.52. The van der Waals surface area contributed by atoms with E-state index in [4.69, 9.17) is 0 Å². The average molecular weight is 362 g/mol. The van der Waals surface area contributed by atoms with E-state index in [2.05, 4.69) is 15.5 Å². The van der Waals surface area contributed by atoms with Crippen molar-refractivity contribution < 1.29 is 17.8 Å². The van der Waals surface area contributed by atoms with Crippen molar-refractivity contribution in [3.8, 4) is 0 Å². The van der Waals surface area contributed by atoms with Crippen LogP contribution in [0.15, 0.2) is 57.6 Å². The van der Waals surface area contributed by atoms with Crippen LogP contribution >= 0.6 is 0 Å². The largest absolute Gasteiger partial charge is 0.378 e. The number of anilines is 2.